The maximum Gasteiger partial charge on any atom is 0.323 e. The summed E-state index contributed by atoms with van der Waals surface area (Å²) in [7, 11) is 0. The number of rotatable bonds is 6. The molecule has 2 saturated carbocycles. The van der Waals surface area contributed by atoms with E-state index in [2.05, 4.69) is 17.3 Å². The molecule has 1 aromatic heterocycles. The van der Waals surface area contributed by atoms with Gasteiger partial charge in [0.05, 0.1) is 18.3 Å². The highest BCUT2D eigenvalue weighted by Crippen LogP contribution is 2.40. The zero-order valence-electron chi connectivity index (χ0n) is 14.5. The zero-order chi connectivity index (χ0) is 16.5. The summed E-state index contributed by atoms with van der Waals surface area (Å²) >= 11 is 0. The number of amides is 2. The summed E-state index contributed by atoms with van der Waals surface area (Å²) in [5, 5.41) is 7.46. The Balaban J connectivity index is 1.32. The van der Waals surface area contributed by atoms with Gasteiger partial charge in [0.25, 0.3) is 0 Å². The molecule has 1 aliphatic heterocycles. The molecule has 3 aliphatic rings. The van der Waals surface area contributed by atoms with Crippen molar-refractivity contribution >= 4 is 11.8 Å². The number of urea groups is 1. The minimum Gasteiger partial charge on any atom is -0.376 e. The molecule has 2 aliphatic carbocycles. The normalized spacial score (nSPS) is 25.5. The summed E-state index contributed by atoms with van der Waals surface area (Å²) in [6, 6.07) is 2.22. The van der Waals surface area contributed by atoms with Gasteiger partial charge < -0.3 is 9.64 Å². The second kappa shape index (κ2) is 6.75. The summed E-state index contributed by atoms with van der Waals surface area (Å²) in [6.45, 7) is 4.56. The first-order valence-electron chi connectivity index (χ1n) is 9.41. The van der Waals surface area contributed by atoms with Gasteiger partial charge in [0.15, 0.2) is 0 Å². The number of hydrogen-bond acceptors (Lipinski definition) is 3. The molecule has 24 heavy (non-hydrogen) atoms. The molecule has 0 unspecified atom stereocenters. The fourth-order valence-electron chi connectivity index (χ4n) is 3.52. The number of likely N-dealkylation sites (tertiary alicyclic amines) is 1. The van der Waals surface area contributed by atoms with Crippen LogP contribution in [0.15, 0.2) is 12.3 Å². The van der Waals surface area contributed by atoms with Gasteiger partial charge in [0.1, 0.15) is 5.82 Å². The molecule has 1 aromatic rings. The number of piperidine rings is 1. The van der Waals surface area contributed by atoms with Crippen LogP contribution in [-0.2, 0) is 4.74 Å². The Hall–Kier alpha value is -1.56. The standard InChI is InChI=1S/C18H28N4O2/c1-13(15-6-7-15)22-17(8-9-19-22)20-18(23)21-10-2-3-16(11-21)24-12-14-4-5-14/h8-9,13-16H,2-7,10-12H2,1H3,(H,20,23)/t13-,16-/m1/s1. The summed E-state index contributed by atoms with van der Waals surface area (Å²) < 4.78 is 7.94. The monoisotopic (exact) mass is 332 g/mol. The van der Waals surface area contributed by atoms with Crippen LogP contribution >= 0.6 is 0 Å². The Morgan fingerprint density at radius 3 is 2.96 bits per heavy atom. The van der Waals surface area contributed by atoms with E-state index < -0.39 is 0 Å². The molecule has 1 saturated heterocycles. The topological polar surface area (TPSA) is 59.4 Å². The van der Waals surface area contributed by atoms with Crippen LogP contribution in [0.2, 0.25) is 0 Å². The highest BCUT2D eigenvalue weighted by Gasteiger charge is 2.32. The molecule has 3 fully saturated rings. The lowest BCUT2D eigenvalue weighted by atomic mass is 10.1. The van der Waals surface area contributed by atoms with Gasteiger partial charge in [-0.1, -0.05) is 0 Å². The molecule has 132 valence electrons. The lowest BCUT2D eigenvalue weighted by Crippen LogP contribution is -2.45. The molecule has 1 N–H and O–H groups in total. The van der Waals surface area contributed by atoms with Crippen LogP contribution in [0.25, 0.3) is 0 Å². The molecular formula is C18H28N4O2. The van der Waals surface area contributed by atoms with Crippen LogP contribution in [0, 0.1) is 11.8 Å². The predicted octanol–water partition coefficient (Wildman–Crippen LogP) is 3.28. The highest BCUT2D eigenvalue weighted by atomic mass is 16.5. The average molecular weight is 332 g/mol. The average Bonchev–Trinajstić information content (AvgIpc) is 3.51. The third-order valence-electron chi connectivity index (χ3n) is 5.53. The summed E-state index contributed by atoms with van der Waals surface area (Å²) in [5.41, 5.74) is 0. The van der Waals surface area contributed by atoms with Crippen molar-refractivity contribution in [2.24, 2.45) is 11.8 Å². The van der Waals surface area contributed by atoms with Gasteiger partial charge >= 0.3 is 6.03 Å². The fraction of sp³-hybridized carbons (Fsp3) is 0.778. The van der Waals surface area contributed by atoms with Gasteiger partial charge in [0, 0.05) is 25.8 Å². The van der Waals surface area contributed by atoms with Crippen molar-refractivity contribution in [1.29, 1.82) is 0 Å². The maximum absolute atomic E-state index is 12.6. The fourth-order valence-corrected chi connectivity index (χ4v) is 3.52. The van der Waals surface area contributed by atoms with Gasteiger partial charge in [-0.25, -0.2) is 9.48 Å². The molecule has 6 heteroatoms. The number of nitrogens with zero attached hydrogens (tertiary/aromatic N) is 3. The molecular weight excluding hydrogens is 304 g/mol. The molecule has 6 nitrogen and oxygen atoms in total. The van der Waals surface area contributed by atoms with E-state index in [1.165, 1.54) is 25.7 Å². The molecule has 0 aromatic carbocycles. The quantitative estimate of drug-likeness (QED) is 0.870. The van der Waals surface area contributed by atoms with E-state index in [-0.39, 0.29) is 12.1 Å². The highest BCUT2D eigenvalue weighted by molar-refractivity contribution is 5.88. The first-order valence-corrected chi connectivity index (χ1v) is 9.41. The largest absolute Gasteiger partial charge is 0.376 e. The van der Waals surface area contributed by atoms with Gasteiger partial charge in [-0.2, -0.15) is 5.10 Å². The van der Waals surface area contributed by atoms with Crippen molar-refractivity contribution < 1.29 is 9.53 Å². The van der Waals surface area contributed by atoms with Crippen molar-refractivity contribution in [3.05, 3.63) is 12.3 Å². The van der Waals surface area contributed by atoms with E-state index >= 15 is 0 Å². The third kappa shape index (κ3) is 3.74. The van der Waals surface area contributed by atoms with Crippen molar-refractivity contribution in [3.63, 3.8) is 0 Å². The third-order valence-corrected chi connectivity index (χ3v) is 5.53. The van der Waals surface area contributed by atoms with E-state index in [0.717, 1.165) is 37.7 Å². The molecule has 2 heterocycles. The van der Waals surface area contributed by atoms with Crippen LogP contribution in [0.5, 0.6) is 0 Å². The lowest BCUT2D eigenvalue weighted by Gasteiger charge is -2.32. The first kappa shape index (κ1) is 15.9. The van der Waals surface area contributed by atoms with Gasteiger partial charge in [-0.3, -0.25) is 5.32 Å². The van der Waals surface area contributed by atoms with Gasteiger partial charge in [-0.15, -0.1) is 0 Å². The maximum atomic E-state index is 12.6. The van der Waals surface area contributed by atoms with Crippen molar-refractivity contribution in [2.75, 3.05) is 25.0 Å². The number of carbonyl (C=O) groups is 1. The van der Waals surface area contributed by atoms with E-state index in [4.69, 9.17) is 4.74 Å². The summed E-state index contributed by atoms with van der Waals surface area (Å²) in [6.07, 6.45) is 9.18. The Bertz CT molecular complexity index is 579. The lowest BCUT2D eigenvalue weighted by molar-refractivity contribution is 0.00595. The van der Waals surface area contributed by atoms with Gasteiger partial charge in [0.2, 0.25) is 0 Å². The van der Waals surface area contributed by atoms with Crippen molar-refractivity contribution in [3.8, 4) is 0 Å². The number of aromatic nitrogens is 2. The smallest absolute Gasteiger partial charge is 0.323 e. The van der Waals surface area contributed by atoms with E-state index in [1.807, 2.05) is 15.6 Å². The molecule has 4 rings (SSSR count). The minimum absolute atomic E-state index is 0.0283. The zero-order valence-corrected chi connectivity index (χ0v) is 14.5. The summed E-state index contributed by atoms with van der Waals surface area (Å²) in [5.74, 6) is 2.28. The molecule has 2 atom stereocenters. The number of carbonyl (C=O) groups excluding carboxylic acids is 1. The minimum atomic E-state index is -0.0283. The van der Waals surface area contributed by atoms with Crippen molar-refractivity contribution in [2.45, 2.75) is 57.6 Å². The Labute approximate surface area is 143 Å². The Kier molecular flexibility index (Phi) is 4.48. The van der Waals surface area contributed by atoms with E-state index in [9.17, 15) is 4.79 Å². The van der Waals surface area contributed by atoms with E-state index in [0.29, 0.717) is 18.5 Å². The molecule has 2 amide bonds. The Morgan fingerprint density at radius 2 is 2.21 bits per heavy atom. The molecule has 0 spiro atoms. The van der Waals surface area contributed by atoms with Crippen LogP contribution in [0.4, 0.5) is 10.6 Å². The van der Waals surface area contributed by atoms with Crippen LogP contribution in [0.1, 0.15) is 51.5 Å². The van der Waals surface area contributed by atoms with Crippen LogP contribution in [0.3, 0.4) is 0 Å². The van der Waals surface area contributed by atoms with Crippen molar-refractivity contribution in [1.82, 2.24) is 14.7 Å². The van der Waals surface area contributed by atoms with E-state index in [1.54, 1.807) is 6.20 Å². The number of anilines is 1. The SMILES string of the molecule is C[C@H](C1CC1)n1nccc1NC(=O)N1CCC[C@@H](OCC2CC2)C1. The van der Waals surface area contributed by atoms with Crippen LogP contribution in [-0.4, -0.2) is 46.5 Å². The molecule has 0 bridgehead atoms. The second-order valence-electron chi connectivity index (χ2n) is 7.66. The van der Waals surface area contributed by atoms with Gasteiger partial charge in [-0.05, 0) is 57.3 Å². The number of nitrogens with one attached hydrogen (secondary N) is 1. The number of hydrogen-bond donors (Lipinski definition) is 1. The summed E-state index contributed by atoms with van der Waals surface area (Å²) in [4.78, 5) is 14.5. The predicted molar refractivity (Wildman–Crippen MR) is 92.0 cm³/mol. The second-order valence-corrected chi connectivity index (χ2v) is 7.66. The Morgan fingerprint density at radius 1 is 1.38 bits per heavy atom. The first-order chi connectivity index (χ1) is 11.7. The number of ether oxygens (including phenoxy) is 1. The van der Waals surface area contributed by atoms with Crippen LogP contribution < -0.4 is 5.32 Å². The molecule has 0 radical (unpaired) electrons.